The van der Waals surface area contributed by atoms with Crippen LogP contribution in [0.4, 0.5) is 0 Å². The smallest absolute Gasteiger partial charge is 0.137 e. The molecule has 148 valence electrons. The summed E-state index contributed by atoms with van der Waals surface area (Å²) in [7, 11) is 0. The van der Waals surface area contributed by atoms with Gasteiger partial charge in [0.05, 0.1) is 24.9 Å². The van der Waals surface area contributed by atoms with E-state index in [2.05, 4.69) is 33.0 Å². The van der Waals surface area contributed by atoms with Crippen LogP contribution in [0, 0.1) is 5.92 Å². The van der Waals surface area contributed by atoms with Crippen LogP contribution in [0.15, 0.2) is 24.5 Å². The second-order valence-corrected chi connectivity index (χ2v) is 6.93. The van der Waals surface area contributed by atoms with E-state index in [9.17, 15) is 0 Å². The first-order chi connectivity index (χ1) is 11.3. The molecule has 2 aliphatic rings. The van der Waals surface area contributed by atoms with E-state index in [0.29, 0.717) is 12.6 Å². The van der Waals surface area contributed by atoms with Gasteiger partial charge in [0.15, 0.2) is 0 Å². The SMILES string of the molecule is Cl.Cl.Cl.NCc1cn2cc([C@H]3COC[C@@H](C4CCCCC4)N3)ccc2n1. The Hall–Kier alpha value is -0.560. The number of nitrogens with zero attached hydrogens (tertiary/aromatic N) is 2. The van der Waals surface area contributed by atoms with Gasteiger partial charge < -0.3 is 20.2 Å². The quantitative estimate of drug-likeness (QED) is 0.790. The second-order valence-electron chi connectivity index (χ2n) is 6.93. The lowest BCUT2D eigenvalue weighted by molar-refractivity contribution is 0.0201. The Bertz CT molecular complexity index is 675. The van der Waals surface area contributed by atoms with E-state index in [-0.39, 0.29) is 43.3 Å². The summed E-state index contributed by atoms with van der Waals surface area (Å²) in [6.07, 6.45) is 11.0. The molecule has 1 saturated carbocycles. The first kappa shape index (κ1) is 23.5. The predicted molar refractivity (Wildman–Crippen MR) is 112 cm³/mol. The van der Waals surface area contributed by atoms with Gasteiger partial charge >= 0.3 is 0 Å². The number of nitrogens with one attached hydrogen (secondary N) is 1. The molecule has 2 atom stereocenters. The number of rotatable bonds is 3. The zero-order valence-corrected chi connectivity index (χ0v) is 17.3. The number of hydrogen-bond acceptors (Lipinski definition) is 4. The van der Waals surface area contributed by atoms with E-state index in [1.807, 2.05) is 6.20 Å². The van der Waals surface area contributed by atoms with Crippen LogP contribution >= 0.6 is 37.2 Å². The molecule has 0 aromatic carbocycles. The van der Waals surface area contributed by atoms with Gasteiger partial charge in [-0.2, -0.15) is 0 Å². The van der Waals surface area contributed by atoms with Gasteiger partial charge in [0.1, 0.15) is 5.65 Å². The highest BCUT2D eigenvalue weighted by Crippen LogP contribution is 2.30. The minimum Gasteiger partial charge on any atom is -0.378 e. The normalized spacial score (nSPS) is 23.6. The van der Waals surface area contributed by atoms with E-state index < -0.39 is 0 Å². The molecule has 8 heteroatoms. The second kappa shape index (κ2) is 10.7. The molecule has 1 aliphatic heterocycles. The van der Waals surface area contributed by atoms with Gasteiger partial charge in [-0.3, -0.25) is 0 Å². The van der Waals surface area contributed by atoms with Gasteiger partial charge in [-0.1, -0.05) is 25.3 Å². The van der Waals surface area contributed by atoms with E-state index in [1.54, 1.807) is 0 Å². The van der Waals surface area contributed by atoms with Crippen LogP contribution in [0.3, 0.4) is 0 Å². The number of halogens is 3. The molecule has 2 aromatic rings. The van der Waals surface area contributed by atoms with Crippen LogP contribution in [0.5, 0.6) is 0 Å². The molecule has 0 amide bonds. The fourth-order valence-electron chi connectivity index (χ4n) is 4.03. The Morgan fingerprint density at radius 1 is 1.08 bits per heavy atom. The van der Waals surface area contributed by atoms with Crippen molar-refractivity contribution in [2.75, 3.05) is 13.2 Å². The molecule has 1 aliphatic carbocycles. The summed E-state index contributed by atoms with van der Waals surface area (Å²) in [6.45, 7) is 2.07. The molecular weight excluding hydrogens is 395 g/mol. The highest BCUT2D eigenvalue weighted by atomic mass is 35.5. The lowest BCUT2D eigenvalue weighted by Crippen LogP contribution is -2.48. The Kier molecular flexibility index (Phi) is 9.65. The van der Waals surface area contributed by atoms with Crippen molar-refractivity contribution < 1.29 is 4.74 Å². The Morgan fingerprint density at radius 2 is 1.85 bits per heavy atom. The molecule has 3 N–H and O–H groups in total. The fraction of sp³-hybridized carbons (Fsp3) is 0.611. The van der Waals surface area contributed by atoms with Crippen molar-refractivity contribution in [2.24, 2.45) is 11.7 Å². The zero-order chi connectivity index (χ0) is 15.6. The van der Waals surface area contributed by atoms with Crippen molar-refractivity contribution in [3.63, 3.8) is 0 Å². The first-order valence-corrected chi connectivity index (χ1v) is 8.85. The Labute approximate surface area is 173 Å². The number of nitrogens with two attached hydrogens (primary N) is 1. The molecule has 0 bridgehead atoms. The standard InChI is InChI=1S/C18H26N4O.3ClH/c19-8-15-10-22-9-14(6-7-18(22)20-15)17-12-23-11-16(21-17)13-4-2-1-3-5-13;;;/h6-7,9-10,13,16-17,21H,1-5,8,11-12,19H2;3*1H/t16-,17+;;;/m0.../s1. The van der Waals surface area contributed by atoms with Crippen molar-refractivity contribution >= 4 is 42.9 Å². The molecule has 5 nitrogen and oxygen atoms in total. The average molecular weight is 424 g/mol. The highest BCUT2D eigenvalue weighted by Gasteiger charge is 2.30. The van der Waals surface area contributed by atoms with Gasteiger partial charge in [-0.05, 0) is 30.4 Å². The predicted octanol–water partition coefficient (Wildman–Crippen LogP) is 3.67. The molecule has 4 rings (SSSR count). The number of pyridine rings is 1. The van der Waals surface area contributed by atoms with Gasteiger partial charge in [0.25, 0.3) is 0 Å². The lowest BCUT2D eigenvalue weighted by Gasteiger charge is -2.37. The van der Waals surface area contributed by atoms with Crippen LogP contribution in [-0.4, -0.2) is 28.6 Å². The number of morpholine rings is 1. The van der Waals surface area contributed by atoms with Crippen molar-refractivity contribution in [1.82, 2.24) is 14.7 Å². The monoisotopic (exact) mass is 422 g/mol. The van der Waals surface area contributed by atoms with Crippen molar-refractivity contribution in [1.29, 1.82) is 0 Å². The first-order valence-electron chi connectivity index (χ1n) is 8.85. The summed E-state index contributed by atoms with van der Waals surface area (Å²) in [5.74, 6) is 0.771. The van der Waals surface area contributed by atoms with E-state index >= 15 is 0 Å². The van der Waals surface area contributed by atoms with Crippen molar-refractivity contribution in [2.45, 2.75) is 50.7 Å². The number of ether oxygens (including phenoxy) is 1. The molecule has 2 aromatic heterocycles. The molecule has 2 fully saturated rings. The maximum absolute atomic E-state index is 5.93. The zero-order valence-electron chi connectivity index (χ0n) is 14.8. The fourth-order valence-corrected chi connectivity index (χ4v) is 4.03. The maximum atomic E-state index is 5.93. The minimum absolute atomic E-state index is 0. The largest absolute Gasteiger partial charge is 0.378 e. The Morgan fingerprint density at radius 3 is 2.58 bits per heavy atom. The summed E-state index contributed by atoms with van der Waals surface area (Å²) < 4.78 is 8.01. The molecule has 0 unspecified atom stereocenters. The number of imidazole rings is 1. The van der Waals surface area contributed by atoms with Crippen LogP contribution in [0.25, 0.3) is 5.65 Å². The summed E-state index contributed by atoms with van der Waals surface area (Å²) in [6, 6.07) is 4.99. The van der Waals surface area contributed by atoms with Crippen molar-refractivity contribution in [3.8, 4) is 0 Å². The molecule has 0 radical (unpaired) electrons. The molecular formula is C18H29Cl3N4O. The highest BCUT2D eigenvalue weighted by molar-refractivity contribution is 5.86. The third-order valence-electron chi connectivity index (χ3n) is 5.35. The van der Waals surface area contributed by atoms with E-state index in [0.717, 1.165) is 30.5 Å². The number of aromatic nitrogens is 2. The van der Waals surface area contributed by atoms with Gasteiger partial charge in [0.2, 0.25) is 0 Å². The van der Waals surface area contributed by atoms with Crippen molar-refractivity contribution in [3.05, 3.63) is 35.8 Å². The molecule has 26 heavy (non-hydrogen) atoms. The summed E-state index contributed by atoms with van der Waals surface area (Å²) >= 11 is 0. The van der Waals surface area contributed by atoms with Crippen LogP contribution in [0.2, 0.25) is 0 Å². The van der Waals surface area contributed by atoms with E-state index in [4.69, 9.17) is 10.5 Å². The van der Waals surface area contributed by atoms with Crippen LogP contribution < -0.4 is 11.1 Å². The van der Waals surface area contributed by atoms with Gasteiger partial charge in [-0.25, -0.2) is 4.98 Å². The number of hydrogen-bond donors (Lipinski definition) is 2. The topological polar surface area (TPSA) is 64.6 Å². The third kappa shape index (κ3) is 5.03. The molecule has 3 heterocycles. The van der Waals surface area contributed by atoms with E-state index in [1.165, 1.54) is 37.7 Å². The van der Waals surface area contributed by atoms with Crippen LogP contribution in [-0.2, 0) is 11.3 Å². The average Bonchev–Trinajstić information content (AvgIpc) is 3.05. The molecule has 1 saturated heterocycles. The summed E-state index contributed by atoms with van der Waals surface area (Å²) in [5.41, 5.74) is 8.83. The minimum atomic E-state index is 0. The third-order valence-corrected chi connectivity index (χ3v) is 5.35. The Balaban J connectivity index is 0.00000113. The number of fused-ring (bicyclic) bond motifs is 1. The maximum Gasteiger partial charge on any atom is 0.137 e. The van der Waals surface area contributed by atoms with Gasteiger partial charge in [-0.15, -0.1) is 37.2 Å². The van der Waals surface area contributed by atoms with Crippen LogP contribution in [0.1, 0.15) is 49.4 Å². The molecule has 0 spiro atoms. The summed E-state index contributed by atoms with van der Waals surface area (Å²) in [5, 5.41) is 3.84. The summed E-state index contributed by atoms with van der Waals surface area (Å²) in [4.78, 5) is 4.49. The lowest BCUT2D eigenvalue weighted by atomic mass is 9.83. The van der Waals surface area contributed by atoms with Gasteiger partial charge in [0, 0.05) is 25.0 Å².